The molecule has 0 spiro atoms. The average Bonchev–Trinajstić information content (AvgIpc) is 3.24. The normalized spacial score (nSPS) is 12.4. The molecule has 0 aromatic heterocycles. The van der Waals surface area contributed by atoms with Crippen LogP contribution in [-0.2, 0) is 30.3 Å². The molecule has 0 radical (unpaired) electrons. The summed E-state index contributed by atoms with van der Waals surface area (Å²) < 4.78 is 96.4. The predicted molar refractivity (Wildman–Crippen MR) is 231 cm³/mol. The third kappa shape index (κ3) is 9.61. The van der Waals surface area contributed by atoms with Gasteiger partial charge in [0.25, 0.3) is 25.9 Å². The van der Waals surface area contributed by atoms with E-state index in [1.807, 2.05) is 6.07 Å². The Hall–Kier alpha value is -7.05. The van der Waals surface area contributed by atoms with Crippen LogP contribution in [0.5, 0.6) is 0 Å². The van der Waals surface area contributed by atoms with Crippen molar-refractivity contribution in [2.45, 2.75) is 14.7 Å². The van der Waals surface area contributed by atoms with Gasteiger partial charge in [0.2, 0.25) is 10.0 Å². The number of nitrogens with zero attached hydrogens (tertiary/aromatic N) is 5. The summed E-state index contributed by atoms with van der Waals surface area (Å²) in [4.78, 5) is 9.92. The van der Waals surface area contributed by atoms with Crippen LogP contribution in [0.15, 0.2) is 169 Å². The number of aliphatic hydroxyl groups excluding tert-OH is 1. The van der Waals surface area contributed by atoms with Gasteiger partial charge in [-0.25, -0.2) is 13.1 Å². The molecule has 0 aliphatic carbocycles. The number of hydrogen-bond donors (Lipinski definition) is 6. The zero-order valence-electron chi connectivity index (χ0n) is 31.7. The molecular weight excluding hydrogens is 865 g/mol. The van der Waals surface area contributed by atoms with Gasteiger partial charge >= 0.3 is 0 Å². The zero-order chi connectivity index (χ0) is 44.2. The molecule has 0 bridgehead atoms. The SMILES string of the molecule is O=[N+]([O-])c1cc(S(=O)(=O)NCCO)ccc1Nc1ccc(N=Nc2ccc(N=Nc3ccc(Nc4ccccc4)c4c(S(=O)(=O)O)cccc34)c3cc(S(=O)(=O)O)ccc23)cc1. The van der Waals surface area contributed by atoms with E-state index in [1.165, 1.54) is 48.5 Å². The highest BCUT2D eigenvalue weighted by atomic mass is 32.2. The van der Waals surface area contributed by atoms with Crippen LogP contribution in [0, 0.1) is 10.1 Å². The van der Waals surface area contributed by atoms with Crippen molar-refractivity contribution in [3.63, 3.8) is 0 Å². The van der Waals surface area contributed by atoms with Crippen LogP contribution in [0.3, 0.4) is 0 Å². The highest BCUT2D eigenvalue weighted by Gasteiger charge is 2.22. The van der Waals surface area contributed by atoms with E-state index in [4.69, 9.17) is 5.11 Å². The summed E-state index contributed by atoms with van der Waals surface area (Å²) in [5.41, 5.74) is 1.86. The molecule has 7 aromatic carbocycles. The van der Waals surface area contributed by atoms with Crippen molar-refractivity contribution >= 4 is 103 Å². The number of nitrogens with one attached hydrogen (secondary N) is 3. The second kappa shape index (κ2) is 17.5. The zero-order valence-corrected chi connectivity index (χ0v) is 34.1. The Balaban J connectivity index is 1.20. The molecular formula is C40H32N8O11S3. The number of nitro benzene ring substituents is 1. The Morgan fingerprint density at radius 2 is 1.16 bits per heavy atom. The topological polar surface area (TPSA) is 292 Å². The van der Waals surface area contributed by atoms with Gasteiger partial charge in [0.05, 0.1) is 44.1 Å². The van der Waals surface area contributed by atoms with Gasteiger partial charge < -0.3 is 15.7 Å². The lowest BCUT2D eigenvalue weighted by atomic mass is 10.1. The molecule has 19 nitrogen and oxygen atoms in total. The maximum absolute atomic E-state index is 12.5. The first-order chi connectivity index (χ1) is 29.5. The van der Waals surface area contributed by atoms with Gasteiger partial charge in [0.15, 0.2) is 0 Å². The van der Waals surface area contributed by atoms with Crippen molar-refractivity contribution in [3.05, 3.63) is 144 Å². The van der Waals surface area contributed by atoms with Gasteiger partial charge in [-0.05, 0) is 91.0 Å². The largest absolute Gasteiger partial charge is 0.395 e. The van der Waals surface area contributed by atoms with E-state index in [9.17, 15) is 44.5 Å². The van der Waals surface area contributed by atoms with Gasteiger partial charge in [-0.1, -0.05) is 36.4 Å². The van der Waals surface area contributed by atoms with Crippen LogP contribution in [0.25, 0.3) is 21.5 Å². The van der Waals surface area contributed by atoms with Crippen LogP contribution >= 0.6 is 0 Å². The van der Waals surface area contributed by atoms with Gasteiger partial charge in [-0.3, -0.25) is 19.2 Å². The number of para-hydroxylation sites is 1. The van der Waals surface area contributed by atoms with E-state index in [0.717, 1.165) is 6.07 Å². The molecule has 316 valence electrons. The molecule has 0 heterocycles. The van der Waals surface area contributed by atoms with Gasteiger partial charge in [0, 0.05) is 51.2 Å². The molecule has 7 rings (SSSR count). The Kier molecular flexibility index (Phi) is 12.2. The fourth-order valence-corrected chi connectivity index (χ4v) is 8.53. The lowest BCUT2D eigenvalue weighted by molar-refractivity contribution is -0.384. The third-order valence-corrected chi connectivity index (χ3v) is 12.3. The van der Waals surface area contributed by atoms with Crippen molar-refractivity contribution < 1.29 is 44.4 Å². The first kappa shape index (κ1) is 43.1. The minimum Gasteiger partial charge on any atom is -0.395 e. The van der Waals surface area contributed by atoms with Gasteiger partial charge in [0.1, 0.15) is 10.6 Å². The van der Waals surface area contributed by atoms with Crippen LogP contribution in [-0.4, -0.2) is 57.5 Å². The first-order valence-electron chi connectivity index (χ1n) is 18.0. The van der Waals surface area contributed by atoms with E-state index < -0.39 is 52.4 Å². The summed E-state index contributed by atoms with van der Waals surface area (Å²) in [6, 6.07) is 32.7. The predicted octanol–water partition coefficient (Wildman–Crippen LogP) is 8.98. The highest BCUT2D eigenvalue weighted by molar-refractivity contribution is 7.89. The third-order valence-electron chi connectivity index (χ3n) is 9.12. The molecule has 0 saturated carbocycles. The molecule has 0 atom stereocenters. The summed E-state index contributed by atoms with van der Waals surface area (Å²) >= 11 is 0. The molecule has 6 N–H and O–H groups in total. The molecule has 0 amide bonds. The summed E-state index contributed by atoms with van der Waals surface area (Å²) in [5.74, 6) is 0. The van der Waals surface area contributed by atoms with Crippen LogP contribution < -0.4 is 15.4 Å². The molecule has 7 aromatic rings. The second-order valence-electron chi connectivity index (χ2n) is 13.2. The second-order valence-corrected chi connectivity index (χ2v) is 17.8. The van der Waals surface area contributed by atoms with Crippen LogP contribution in [0.1, 0.15) is 0 Å². The van der Waals surface area contributed by atoms with E-state index in [-0.39, 0.29) is 49.9 Å². The summed E-state index contributed by atoms with van der Waals surface area (Å²) in [6.45, 7) is -0.724. The maximum atomic E-state index is 12.5. The van der Waals surface area contributed by atoms with E-state index in [2.05, 4.69) is 35.8 Å². The number of benzene rings is 7. The highest BCUT2D eigenvalue weighted by Crippen LogP contribution is 2.41. The minimum atomic E-state index is -4.70. The van der Waals surface area contributed by atoms with E-state index in [0.29, 0.717) is 33.5 Å². The fourth-order valence-electron chi connectivity index (χ4n) is 6.26. The fraction of sp³-hybridized carbons (Fsp3) is 0.0500. The number of hydrogen-bond acceptors (Lipinski definition) is 15. The average molecular weight is 897 g/mol. The standard InChI is InChI=1S/C40H32N8O11S3/c49-22-21-41-60(52,53)28-14-16-36(38(24-28)48(50)51)42-26-9-11-27(12-10-26)44-45-33-17-18-35(32-23-29(61(54,55)56)13-15-30(32)33)47-46-34-19-20-37(43-25-5-2-1-3-6-25)40-31(34)7-4-8-39(40)62(57,58)59/h1-20,23-24,41-43,49H,21-22H2,(H,54,55,56)(H,57,58,59). The van der Waals surface area contributed by atoms with Gasteiger partial charge in [-0.2, -0.15) is 21.9 Å². The number of rotatable bonds is 15. The Morgan fingerprint density at radius 1 is 0.565 bits per heavy atom. The van der Waals surface area contributed by atoms with Crippen LogP contribution in [0.4, 0.5) is 51.2 Å². The lowest BCUT2D eigenvalue weighted by Gasteiger charge is -2.14. The van der Waals surface area contributed by atoms with Crippen molar-refractivity contribution in [1.29, 1.82) is 0 Å². The molecule has 0 unspecified atom stereocenters. The van der Waals surface area contributed by atoms with Crippen molar-refractivity contribution in [3.8, 4) is 0 Å². The summed E-state index contributed by atoms with van der Waals surface area (Å²) in [7, 11) is -13.5. The van der Waals surface area contributed by atoms with Crippen LogP contribution in [0.2, 0.25) is 0 Å². The van der Waals surface area contributed by atoms with Gasteiger partial charge in [-0.15, -0.1) is 15.3 Å². The number of fused-ring (bicyclic) bond motifs is 2. The van der Waals surface area contributed by atoms with Crippen molar-refractivity contribution in [2.75, 3.05) is 23.8 Å². The summed E-state index contributed by atoms with van der Waals surface area (Å²) in [5, 5.41) is 45.2. The molecule has 0 fully saturated rings. The van der Waals surface area contributed by atoms with E-state index in [1.54, 1.807) is 72.8 Å². The van der Waals surface area contributed by atoms with Crippen molar-refractivity contribution in [1.82, 2.24) is 4.72 Å². The molecule has 62 heavy (non-hydrogen) atoms. The number of aliphatic hydroxyl groups is 1. The number of sulfonamides is 1. The van der Waals surface area contributed by atoms with Crippen molar-refractivity contribution in [2.24, 2.45) is 20.5 Å². The molecule has 22 heteroatoms. The monoisotopic (exact) mass is 896 g/mol. The lowest BCUT2D eigenvalue weighted by Crippen LogP contribution is -2.26. The quantitative estimate of drug-likeness (QED) is 0.0243. The molecule has 0 aliphatic heterocycles. The molecule has 0 aliphatic rings. The summed E-state index contributed by atoms with van der Waals surface area (Å²) in [6.07, 6.45) is 0. The minimum absolute atomic E-state index is 0.00609. The Morgan fingerprint density at radius 3 is 1.82 bits per heavy atom. The van der Waals surface area contributed by atoms with E-state index >= 15 is 0 Å². The Labute approximate surface area is 353 Å². The number of azo groups is 2. The maximum Gasteiger partial charge on any atom is 0.295 e. The number of anilines is 4. The molecule has 0 saturated heterocycles. The number of nitro groups is 1. The smallest absolute Gasteiger partial charge is 0.295 e. The first-order valence-corrected chi connectivity index (χ1v) is 22.4. The Bertz CT molecular complexity index is 3280.